The summed E-state index contributed by atoms with van der Waals surface area (Å²) in [4.78, 5) is 28.5. The van der Waals surface area contributed by atoms with E-state index in [4.69, 9.17) is 4.74 Å². The molecule has 0 aliphatic carbocycles. The highest BCUT2D eigenvalue weighted by atomic mass is 32.2. The van der Waals surface area contributed by atoms with E-state index in [2.05, 4.69) is 5.32 Å². The number of carbonyl (C=O) groups excluding carboxylic acids is 2. The molecule has 0 aromatic heterocycles. The molecular formula is C29H35N3O5S. The Morgan fingerprint density at radius 1 is 0.895 bits per heavy atom. The first kappa shape index (κ1) is 28.7. The van der Waals surface area contributed by atoms with Crippen LogP contribution in [-0.4, -0.2) is 51.4 Å². The largest absolute Gasteiger partial charge is 0.497 e. The van der Waals surface area contributed by atoms with Crippen LogP contribution in [0.25, 0.3) is 0 Å². The summed E-state index contributed by atoms with van der Waals surface area (Å²) < 4.78 is 33.8. The number of hydrogen-bond acceptors (Lipinski definition) is 5. The minimum atomic E-state index is -4.10. The number of carbonyl (C=O) groups is 2. The summed E-state index contributed by atoms with van der Waals surface area (Å²) in [6.45, 7) is 3.97. The zero-order valence-electron chi connectivity index (χ0n) is 22.0. The lowest BCUT2D eigenvalue weighted by molar-refractivity contribution is -0.140. The first-order chi connectivity index (χ1) is 18.3. The van der Waals surface area contributed by atoms with E-state index in [9.17, 15) is 18.0 Å². The molecule has 1 unspecified atom stereocenters. The van der Waals surface area contributed by atoms with Crippen molar-refractivity contribution < 1.29 is 22.7 Å². The molecule has 0 saturated heterocycles. The monoisotopic (exact) mass is 537 g/mol. The minimum Gasteiger partial charge on any atom is -0.497 e. The van der Waals surface area contributed by atoms with E-state index in [-0.39, 0.29) is 17.3 Å². The van der Waals surface area contributed by atoms with Gasteiger partial charge in [0, 0.05) is 13.1 Å². The molecule has 38 heavy (non-hydrogen) atoms. The molecule has 3 aromatic rings. The predicted octanol–water partition coefficient (Wildman–Crippen LogP) is 4.22. The van der Waals surface area contributed by atoms with Gasteiger partial charge in [0.2, 0.25) is 11.8 Å². The van der Waals surface area contributed by atoms with Gasteiger partial charge in [-0.1, -0.05) is 62.4 Å². The summed E-state index contributed by atoms with van der Waals surface area (Å²) >= 11 is 0. The lowest BCUT2D eigenvalue weighted by Crippen LogP contribution is -2.52. The Bertz CT molecular complexity index is 1280. The maximum absolute atomic E-state index is 13.9. The van der Waals surface area contributed by atoms with Crippen LogP contribution in [-0.2, 0) is 26.2 Å². The average Bonchev–Trinajstić information content (AvgIpc) is 2.95. The highest BCUT2D eigenvalue weighted by molar-refractivity contribution is 7.92. The number of nitrogens with one attached hydrogen (secondary N) is 1. The van der Waals surface area contributed by atoms with Gasteiger partial charge < -0.3 is 15.0 Å². The van der Waals surface area contributed by atoms with Crippen LogP contribution in [0.2, 0.25) is 0 Å². The van der Waals surface area contributed by atoms with E-state index < -0.39 is 28.5 Å². The van der Waals surface area contributed by atoms with Gasteiger partial charge in [0.15, 0.2) is 0 Å². The maximum atomic E-state index is 13.9. The SMILES string of the molecule is CCCNC(=O)C(CC)N(Cc1ccccc1)C(=O)CN(c1ccc(OC)cc1)S(=O)(=O)c1ccccc1. The predicted molar refractivity (Wildman–Crippen MR) is 148 cm³/mol. The van der Waals surface area contributed by atoms with Crippen LogP contribution in [0.1, 0.15) is 32.3 Å². The van der Waals surface area contributed by atoms with Gasteiger partial charge in [-0.05, 0) is 54.8 Å². The fourth-order valence-electron chi connectivity index (χ4n) is 4.06. The van der Waals surface area contributed by atoms with Crippen molar-refractivity contribution in [3.05, 3.63) is 90.5 Å². The van der Waals surface area contributed by atoms with Crippen molar-refractivity contribution in [3.8, 4) is 5.75 Å². The van der Waals surface area contributed by atoms with E-state index in [0.717, 1.165) is 16.3 Å². The minimum absolute atomic E-state index is 0.0611. The summed E-state index contributed by atoms with van der Waals surface area (Å²) in [5.41, 5.74) is 1.15. The van der Waals surface area contributed by atoms with Crippen LogP contribution < -0.4 is 14.4 Å². The van der Waals surface area contributed by atoms with Crippen molar-refractivity contribution in [3.63, 3.8) is 0 Å². The van der Waals surface area contributed by atoms with Crippen LogP contribution in [0.4, 0.5) is 5.69 Å². The third-order valence-corrected chi connectivity index (χ3v) is 7.89. The number of nitrogens with zero attached hydrogens (tertiary/aromatic N) is 2. The van der Waals surface area contributed by atoms with Crippen molar-refractivity contribution in [2.75, 3.05) is 24.5 Å². The molecule has 2 amide bonds. The lowest BCUT2D eigenvalue weighted by Gasteiger charge is -2.33. The third-order valence-electron chi connectivity index (χ3n) is 6.10. The molecule has 0 heterocycles. The van der Waals surface area contributed by atoms with Crippen LogP contribution in [0.5, 0.6) is 5.75 Å². The average molecular weight is 538 g/mol. The summed E-state index contributed by atoms with van der Waals surface area (Å²) in [6, 6.07) is 23.0. The summed E-state index contributed by atoms with van der Waals surface area (Å²) in [5, 5.41) is 2.88. The summed E-state index contributed by atoms with van der Waals surface area (Å²) in [5.74, 6) is -0.190. The maximum Gasteiger partial charge on any atom is 0.264 e. The van der Waals surface area contributed by atoms with E-state index >= 15 is 0 Å². The molecule has 0 fully saturated rings. The van der Waals surface area contributed by atoms with Crippen LogP contribution in [0.3, 0.4) is 0 Å². The Labute approximate surface area is 225 Å². The van der Waals surface area contributed by atoms with Gasteiger partial charge in [-0.2, -0.15) is 0 Å². The van der Waals surface area contributed by atoms with Gasteiger partial charge in [-0.25, -0.2) is 8.42 Å². The van der Waals surface area contributed by atoms with Crippen molar-refractivity contribution in [2.45, 2.75) is 44.2 Å². The van der Waals surface area contributed by atoms with Gasteiger partial charge in [0.1, 0.15) is 18.3 Å². The van der Waals surface area contributed by atoms with Gasteiger partial charge in [-0.15, -0.1) is 0 Å². The molecule has 3 aromatic carbocycles. The fraction of sp³-hybridized carbons (Fsp3) is 0.310. The van der Waals surface area contributed by atoms with E-state index in [1.807, 2.05) is 44.2 Å². The third kappa shape index (κ3) is 7.13. The molecule has 0 aliphatic rings. The number of sulfonamides is 1. The molecule has 0 spiro atoms. The molecule has 9 heteroatoms. The van der Waals surface area contributed by atoms with Crippen LogP contribution in [0.15, 0.2) is 89.8 Å². The molecule has 3 rings (SSSR count). The zero-order valence-corrected chi connectivity index (χ0v) is 22.9. The molecular weight excluding hydrogens is 502 g/mol. The second-order valence-corrected chi connectivity index (χ2v) is 10.6. The number of benzene rings is 3. The summed E-state index contributed by atoms with van der Waals surface area (Å²) in [6.07, 6.45) is 1.14. The normalized spacial score (nSPS) is 11.9. The Morgan fingerprint density at radius 2 is 1.50 bits per heavy atom. The number of anilines is 1. The number of amides is 2. The zero-order chi connectivity index (χ0) is 27.5. The highest BCUT2D eigenvalue weighted by Crippen LogP contribution is 2.26. The first-order valence-electron chi connectivity index (χ1n) is 12.6. The molecule has 0 bridgehead atoms. The van der Waals surface area contributed by atoms with Crippen molar-refractivity contribution in [2.24, 2.45) is 0 Å². The van der Waals surface area contributed by atoms with Gasteiger partial charge in [-0.3, -0.25) is 13.9 Å². The van der Waals surface area contributed by atoms with E-state index in [1.54, 1.807) is 42.5 Å². The van der Waals surface area contributed by atoms with Crippen LogP contribution >= 0.6 is 0 Å². The standard InChI is InChI=1S/C29H35N3O5S/c1-4-20-30-29(34)27(5-2)31(21-23-12-8-6-9-13-23)28(33)22-32(24-16-18-25(37-3)19-17-24)38(35,36)26-14-10-7-11-15-26/h6-19,27H,4-5,20-22H2,1-3H3,(H,30,34). The molecule has 1 atom stereocenters. The Hall–Kier alpha value is -3.85. The number of rotatable bonds is 13. The molecule has 0 radical (unpaired) electrons. The highest BCUT2D eigenvalue weighted by Gasteiger charge is 2.33. The van der Waals surface area contributed by atoms with E-state index in [1.165, 1.54) is 24.1 Å². The quantitative estimate of drug-likeness (QED) is 0.352. The second kappa shape index (κ2) is 13.6. The lowest BCUT2D eigenvalue weighted by atomic mass is 10.1. The Balaban J connectivity index is 2.02. The topological polar surface area (TPSA) is 96.0 Å². The van der Waals surface area contributed by atoms with Gasteiger partial charge in [0.05, 0.1) is 17.7 Å². The number of hydrogen-bond donors (Lipinski definition) is 1. The molecule has 1 N–H and O–H groups in total. The molecule has 8 nitrogen and oxygen atoms in total. The fourth-order valence-corrected chi connectivity index (χ4v) is 5.50. The van der Waals surface area contributed by atoms with Crippen molar-refractivity contribution in [1.29, 1.82) is 0 Å². The van der Waals surface area contributed by atoms with Crippen molar-refractivity contribution >= 4 is 27.5 Å². The molecule has 202 valence electrons. The molecule has 0 saturated carbocycles. The summed E-state index contributed by atoms with van der Waals surface area (Å²) in [7, 11) is -2.58. The smallest absolute Gasteiger partial charge is 0.264 e. The van der Waals surface area contributed by atoms with E-state index in [0.29, 0.717) is 24.4 Å². The van der Waals surface area contributed by atoms with Crippen molar-refractivity contribution in [1.82, 2.24) is 10.2 Å². The van der Waals surface area contributed by atoms with Crippen LogP contribution in [0, 0.1) is 0 Å². The van der Waals surface area contributed by atoms with Gasteiger partial charge in [0.25, 0.3) is 10.0 Å². The number of methoxy groups -OCH3 is 1. The Kier molecular flexibility index (Phi) is 10.3. The first-order valence-corrected chi connectivity index (χ1v) is 14.1. The van der Waals surface area contributed by atoms with Gasteiger partial charge >= 0.3 is 0 Å². The number of ether oxygens (including phenoxy) is 1. The Morgan fingerprint density at radius 3 is 2.05 bits per heavy atom. The second-order valence-electron chi connectivity index (χ2n) is 8.75. The molecule has 0 aliphatic heterocycles.